The number of nitrogens with zero attached hydrogens (tertiary/aromatic N) is 4. The number of rotatable bonds is 6. The maximum Gasteiger partial charge on any atom is 0.338 e. The zero-order chi connectivity index (χ0) is 20.1. The van der Waals surface area contributed by atoms with Crippen molar-refractivity contribution in [1.29, 1.82) is 0 Å². The normalized spacial score (nSPS) is 21.9. The van der Waals surface area contributed by atoms with Crippen LogP contribution in [0, 0.1) is 5.92 Å². The lowest BCUT2D eigenvalue weighted by molar-refractivity contribution is -0.123. The molecule has 8 heteroatoms. The summed E-state index contributed by atoms with van der Waals surface area (Å²) in [6, 6.07) is 7.01. The molecule has 28 heavy (non-hydrogen) atoms. The van der Waals surface area contributed by atoms with Crippen LogP contribution in [0.1, 0.15) is 69.1 Å². The van der Waals surface area contributed by atoms with Crippen LogP contribution >= 0.6 is 0 Å². The molecule has 1 heterocycles. The fourth-order valence-corrected chi connectivity index (χ4v) is 3.65. The van der Waals surface area contributed by atoms with Crippen LogP contribution < -0.4 is 5.32 Å². The minimum absolute atomic E-state index is 0.0237. The molecule has 1 saturated carbocycles. The summed E-state index contributed by atoms with van der Waals surface area (Å²) in [6.07, 6.45) is 3.92. The van der Waals surface area contributed by atoms with Gasteiger partial charge in [0.05, 0.1) is 17.9 Å². The Labute approximate surface area is 164 Å². The summed E-state index contributed by atoms with van der Waals surface area (Å²) in [7, 11) is 0. The standard InChI is InChI=1S/C20H27N5O3/c1-4-17(26)21-20(11-9-14(3)10-12-20)19-22-23-24-25(19)16-8-6-7-15(13-16)18(27)28-5-2/h6-8,13-14H,4-5,9-12H2,1-3H3,(H,21,26). The first kappa shape index (κ1) is 20.0. The van der Waals surface area contributed by atoms with Crippen LogP contribution in [0.25, 0.3) is 5.69 Å². The molecule has 0 bridgehead atoms. The Hall–Kier alpha value is -2.77. The van der Waals surface area contributed by atoms with Crippen molar-refractivity contribution in [1.82, 2.24) is 25.5 Å². The van der Waals surface area contributed by atoms with E-state index in [1.165, 1.54) is 0 Å². The first-order valence-electron chi connectivity index (χ1n) is 9.86. The number of ether oxygens (including phenoxy) is 1. The van der Waals surface area contributed by atoms with E-state index in [-0.39, 0.29) is 11.9 Å². The van der Waals surface area contributed by atoms with Gasteiger partial charge in [-0.25, -0.2) is 4.79 Å². The molecule has 3 rings (SSSR count). The first-order valence-corrected chi connectivity index (χ1v) is 9.86. The van der Waals surface area contributed by atoms with Gasteiger partial charge in [-0.1, -0.05) is 19.9 Å². The Balaban J connectivity index is 2.00. The molecule has 1 aromatic carbocycles. The van der Waals surface area contributed by atoms with Gasteiger partial charge in [-0.05, 0) is 67.2 Å². The molecule has 0 spiro atoms. The van der Waals surface area contributed by atoms with Gasteiger partial charge in [-0.2, -0.15) is 4.68 Å². The molecule has 8 nitrogen and oxygen atoms in total. The fourth-order valence-electron chi connectivity index (χ4n) is 3.65. The highest BCUT2D eigenvalue weighted by atomic mass is 16.5. The highest BCUT2D eigenvalue weighted by Crippen LogP contribution is 2.39. The van der Waals surface area contributed by atoms with E-state index in [9.17, 15) is 9.59 Å². The van der Waals surface area contributed by atoms with Crippen molar-refractivity contribution in [2.45, 2.75) is 58.4 Å². The SMILES string of the molecule is CCOC(=O)c1cccc(-n2nnnc2C2(NC(=O)CC)CCC(C)CC2)c1. The summed E-state index contributed by atoms with van der Waals surface area (Å²) < 4.78 is 6.71. The average Bonchev–Trinajstić information content (AvgIpc) is 3.21. The smallest absolute Gasteiger partial charge is 0.338 e. The molecule has 0 atom stereocenters. The number of tetrazole rings is 1. The third-order valence-electron chi connectivity index (χ3n) is 5.33. The number of esters is 1. The van der Waals surface area contributed by atoms with Crippen molar-refractivity contribution in [2.24, 2.45) is 5.92 Å². The van der Waals surface area contributed by atoms with Crippen molar-refractivity contribution in [3.63, 3.8) is 0 Å². The zero-order valence-corrected chi connectivity index (χ0v) is 16.6. The molecular weight excluding hydrogens is 358 g/mol. The van der Waals surface area contributed by atoms with E-state index in [0.29, 0.717) is 36.0 Å². The van der Waals surface area contributed by atoms with Crippen LogP contribution in [0.15, 0.2) is 24.3 Å². The maximum absolute atomic E-state index is 12.3. The van der Waals surface area contributed by atoms with Gasteiger partial charge in [0.1, 0.15) is 5.54 Å². The summed E-state index contributed by atoms with van der Waals surface area (Å²) in [5.74, 6) is 0.786. The molecule has 1 aliphatic rings. The second-order valence-electron chi connectivity index (χ2n) is 7.35. The van der Waals surface area contributed by atoms with Crippen molar-refractivity contribution in [3.05, 3.63) is 35.7 Å². The minimum atomic E-state index is -0.608. The summed E-state index contributed by atoms with van der Waals surface area (Å²) >= 11 is 0. The summed E-state index contributed by atoms with van der Waals surface area (Å²) in [5, 5.41) is 15.5. The number of nitrogens with one attached hydrogen (secondary N) is 1. The molecule has 0 saturated heterocycles. The van der Waals surface area contributed by atoms with E-state index in [1.807, 2.05) is 13.0 Å². The van der Waals surface area contributed by atoms with E-state index in [2.05, 4.69) is 27.8 Å². The van der Waals surface area contributed by atoms with Crippen LogP contribution in [0.3, 0.4) is 0 Å². The van der Waals surface area contributed by atoms with Gasteiger partial charge >= 0.3 is 5.97 Å². The molecule has 0 radical (unpaired) electrons. The molecule has 150 valence electrons. The quantitative estimate of drug-likeness (QED) is 0.768. The van der Waals surface area contributed by atoms with E-state index < -0.39 is 5.54 Å². The molecule has 1 N–H and O–H groups in total. The number of carbonyl (C=O) groups excluding carboxylic acids is 2. The van der Waals surface area contributed by atoms with Crippen LogP contribution in [-0.2, 0) is 15.1 Å². The molecule has 0 aliphatic heterocycles. The lowest BCUT2D eigenvalue weighted by Gasteiger charge is -2.38. The average molecular weight is 385 g/mol. The second kappa shape index (κ2) is 8.50. The van der Waals surface area contributed by atoms with E-state index >= 15 is 0 Å². The Bertz CT molecular complexity index is 840. The highest BCUT2D eigenvalue weighted by molar-refractivity contribution is 5.90. The van der Waals surface area contributed by atoms with E-state index in [0.717, 1.165) is 25.7 Å². The lowest BCUT2D eigenvalue weighted by atomic mass is 9.76. The third kappa shape index (κ3) is 4.05. The van der Waals surface area contributed by atoms with Crippen molar-refractivity contribution >= 4 is 11.9 Å². The van der Waals surface area contributed by atoms with Gasteiger partial charge in [0, 0.05) is 6.42 Å². The van der Waals surface area contributed by atoms with E-state index in [4.69, 9.17) is 4.74 Å². The lowest BCUT2D eigenvalue weighted by Crippen LogP contribution is -2.49. The Morgan fingerprint density at radius 3 is 2.71 bits per heavy atom. The van der Waals surface area contributed by atoms with Crippen molar-refractivity contribution in [2.75, 3.05) is 6.61 Å². The largest absolute Gasteiger partial charge is 0.462 e. The number of hydrogen-bond acceptors (Lipinski definition) is 6. The van der Waals surface area contributed by atoms with Gasteiger partial charge in [0.15, 0.2) is 5.82 Å². The Morgan fingerprint density at radius 1 is 1.29 bits per heavy atom. The van der Waals surface area contributed by atoms with Gasteiger partial charge in [0.25, 0.3) is 0 Å². The van der Waals surface area contributed by atoms with Crippen LogP contribution in [0.5, 0.6) is 0 Å². The number of amides is 1. The number of aromatic nitrogens is 4. The molecule has 1 fully saturated rings. The summed E-state index contributed by atoms with van der Waals surface area (Å²) in [5.41, 5.74) is 0.488. The van der Waals surface area contributed by atoms with Gasteiger partial charge < -0.3 is 10.1 Å². The Morgan fingerprint density at radius 2 is 2.04 bits per heavy atom. The monoisotopic (exact) mass is 385 g/mol. The Kier molecular flexibility index (Phi) is 6.06. The molecule has 1 aromatic heterocycles. The molecule has 1 amide bonds. The van der Waals surface area contributed by atoms with Crippen LogP contribution in [0.4, 0.5) is 0 Å². The molecule has 0 unspecified atom stereocenters. The van der Waals surface area contributed by atoms with Gasteiger partial charge in [0.2, 0.25) is 5.91 Å². The van der Waals surface area contributed by atoms with E-state index in [1.54, 1.807) is 29.8 Å². The fraction of sp³-hybridized carbons (Fsp3) is 0.550. The molecule has 2 aromatic rings. The number of benzene rings is 1. The molecular formula is C20H27N5O3. The number of carbonyl (C=O) groups is 2. The predicted octanol–water partition coefficient (Wildman–Crippen LogP) is 2.77. The van der Waals surface area contributed by atoms with Crippen LogP contribution in [-0.4, -0.2) is 38.7 Å². The molecule has 1 aliphatic carbocycles. The van der Waals surface area contributed by atoms with Gasteiger partial charge in [-0.3, -0.25) is 4.79 Å². The second-order valence-corrected chi connectivity index (χ2v) is 7.35. The minimum Gasteiger partial charge on any atom is -0.462 e. The zero-order valence-electron chi connectivity index (χ0n) is 16.6. The first-order chi connectivity index (χ1) is 13.5. The topological polar surface area (TPSA) is 99.0 Å². The van der Waals surface area contributed by atoms with Crippen molar-refractivity contribution < 1.29 is 14.3 Å². The maximum atomic E-state index is 12.3. The van der Waals surface area contributed by atoms with Gasteiger partial charge in [-0.15, -0.1) is 5.10 Å². The van der Waals surface area contributed by atoms with Crippen molar-refractivity contribution in [3.8, 4) is 5.69 Å². The summed E-state index contributed by atoms with van der Waals surface area (Å²) in [6.45, 7) is 6.13. The highest BCUT2D eigenvalue weighted by Gasteiger charge is 2.41. The number of hydrogen-bond donors (Lipinski definition) is 1. The summed E-state index contributed by atoms with van der Waals surface area (Å²) in [4.78, 5) is 24.4. The van der Waals surface area contributed by atoms with Crippen LogP contribution in [0.2, 0.25) is 0 Å². The predicted molar refractivity (Wildman–Crippen MR) is 103 cm³/mol. The third-order valence-corrected chi connectivity index (χ3v) is 5.33.